The van der Waals surface area contributed by atoms with E-state index < -0.39 is 24.0 Å². The molecular formula is C17H22N4O4. The molecule has 1 aromatic heterocycles. The van der Waals surface area contributed by atoms with Gasteiger partial charge in [-0.25, -0.2) is 4.79 Å². The number of rotatable bonds is 7. The first-order chi connectivity index (χ1) is 11.9. The van der Waals surface area contributed by atoms with Gasteiger partial charge in [0, 0.05) is 20.0 Å². The Morgan fingerprint density at radius 1 is 1.28 bits per heavy atom. The highest BCUT2D eigenvalue weighted by Gasteiger charge is 2.21. The highest BCUT2D eigenvalue weighted by atomic mass is 16.5. The van der Waals surface area contributed by atoms with E-state index in [9.17, 15) is 9.59 Å². The van der Waals surface area contributed by atoms with Gasteiger partial charge in [-0.3, -0.25) is 4.79 Å². The Labute approximate surface area is 145 Å². The minimum atomic E-state index is -0.949. The summed E-state index contributed by atoms with van der Waals surface area (Å²) in [6.45, 7) is 3.38. The lowest BCUT2D eigenvalue weighted by molar-refractivity contribution is -0.141. The average Bonchev–Trinajstić information content (AvgIpc) is 3.04. The Morgan fingerprint density at radius 3 is 2.60 bits per heavy atom. The third-order valence-corrected chi connectivity index (χ3v) is 3.72. The van der Waals surface area contributed by atoms with Crippen LogP contribution >= 0.6 is 0 Å². The number of hydrogen-bond acceptors (Lipinski definition) is 5. The summed E-state index contributed by atoms with van der Waals surface area (Å²) < 4.78 is 5.21. The summed E-state index contributed by atoms with van der Waals surface area (Å²) in [6.07, 6.45) is 0.543. The number of urea groups is 1. The molecule has 2 rings (SSSR count). The largest absolute Gasteiger partial charge is 0.481 e. The maximum Gasteiger partial charge on any atom is 0.317 e. The van der Waals surface area contributed by atoms with E-state index in [0.29, 0.717) is 18.1 Å². The lowest BCUT2D eigenvalue weighted by Crippen LogP contribution is -2.41. The predicted molar refractivity (Wildman–Crippen MR) is 89.9 cm³/mol. The topological polar surface area (TPSA) is 109 Å². The number of carboxylic acids is 1. The molecule has 0 aliphatic carbocycles. The number of benzene rings is 1. The minimum absolute atomic E-state index is 0.108. The van der Waals surface area contributed by atoms with Crippen molar-refractivity contribution in [2.24, 2.45) is 5.92 Å². The highest BCUT2D eigenvalue weighted by molar-refractivity contribution is 5.76. The van der Waals surface area contributed by atoms with Crippen LogP contribution < -0.4 is 5.32 Å². The Bertz CT molecular complexity index is 716. The number of amides is 2. The van der Waals surface area contributed by atoms with E-state index in [-0.39, 0.29) is 6.54 Å². The van der Waals surface area contributed by atoms with Crippen molar-refractivity contribution in [2.45, 2.75) is 26.3 Å². The normalized spacial score (nSPS) is 13.1. The molecule has 2 aromatic rings. The Hall–Kier alpha value is -2.90. The summed E-state index contributed by atoms with van der Waals surface area (Å²) >= 11 is 0. The molecule has 0 fully saturated rings. The van der Waals surface area contributed by atoms with Crippen molar-refractivity contribution in [1.29, 1.82) is 0 Å². The average molecular weight is 346 g/mol. The van der Waals surface area contributed by atoms with Crippen molar-refractivity contribution in [3.63, 3.8) is 0 Å². The quantitative estimate of drug-likeness (QED) is 0.794. The maximum absolute atomic E-state index is 12.1. The van der Waals surface area contributed by atoms with Crippen LogP contribution in [0.3, 0.4) is 0 Å². The van der Waals surface area contributed by atoms with Gasteiger partial charge in [0.2, 0.25) is 5.89 Å². The number of carbonyl (C=O) groups excluding carboxylic acids is 1. The fourth-order valence-corrected chi connectivity index (χ4v) is 2.22. The monoisotopic (exact) mass is 346 g/mol. The number of nitrogens with one attached hydrogen (secondary N) is 1. The van der Waals surface area contributed by atoms with Crippen molar-refractivity contribution in [3.8, 4) is 0 Å². The van der Waals surface area contributed by atoms with Gasteiger partial charge in [-0.2, -0.15) is 4.98 Å². The number of carbonyl (C=O) groups is 2. The summed E-state index contributed by atoms with van der Waals surface area (Å²) in [5.74, 6) is -0.754. The number of hydrogen-bond donors (Lipinski definition) is 2. The molecule has 1 heterocycles. The zero-order valence-electron chi connectivity index (χ0n) is 14.5. The molecule has 2 amide bonds. The third-order valence-electron chi connectivity index (χ3n) is 3.72. The number of nitrogens with zero attached hydrogens (tertiary/aromatic N) is 3. The van der Waals surface area contributed by atoms with Gasteiger partial charge in [-0.1, -0.05) is 42.4 Å². The number of carboxylic acid groups (broad SMARTS) is 1. The van der Waals surface area contributed by atoms with E-state index in [1.54, 1.807) is 13.8 Å². The van der Waals surface area contributed by atoms with E-state index >= 15 is 0 Å². The van der Waals surface area contributed by atoms with Crippen LogP contribution in [0, 0.1) is 5.92 Å². The maximum atomic E-state index is 12.1. The van der Waals surface area contributed by atoms with Crippen LogP contribution in [-0.4, -0.2) is 45.7 Å². The molecule has 1 aromatic carbocycles. The van der Waals surface area contributed by atoms with Crippen molar-refractivity contribution < 1.29 is 19.2 Å². The van der Waals surface area contributed by atoms with Crippen LogP contribution in [-0.2, 0) is 11.2 Å². The third kappa shape index (κ3) is 5.30. The molecule has 2 atom stereocenters. The van der Waals surface area contributed by atoms with Gasteiger partial charge in [0.05, 0.1) is 5.92 Å². The summed E-state index contributed by atoms with van der Waals surface area (Å²) in [5, 5.41) is 15.5. The minimum Gasteiger partial charge on any atom is -0.481 e. The van der Waals surface area contributed by atoms with Gasteiger partial charge in [-0.05, 0) is 12.5 Å². The van der Waals surface area contributed by atoms with Gasteiger partial charge >= 0.3 is 12.0 Å². The molecule has 0 bridgehead atoms. The highest BCUT2D eigenvalue weighted by Crippen LogP contribution is 2.13. The Balaban J connectivity index is 1.91. The molecule has 8 heteroatoms. The van der Waals surface area contributed by atoms with Crippen molar-refractivity contribution >= 4 is 12.0 Å². The fraction of sp³-hybridized carbons (Fsp3) is 0.412. The Kier molecular flexibility index (Phi) is 6.10. The van der Waals surface area contributed by atoms with E-state index in [1.807, 2.05) is 30.3 Å². The summed E-state index contributed by atoms with van der Waals surface area (Å²) in [7, 11) is 1.54. The van der Waals surface area contributed by atoms with Crippen LogP contribution in [0.5, 0.6) is 0 Å². The number of aliphatic carboxylic acids is 1. The van der Waals surface area contributed by atoms with Crippen LogP contribution in [0.4, 0.5) is 4.79 Å². The van der Waals surface area contributed by atoms with E-state index in [0.717, 1.165) is 5.56 Å². The molecule has 0 radical (unpaired) electrons. The lowest BCUT2D eigenvalue weighted by Gasteiger charge is -2.21. The zero-order chi connectivity index (χ0) is 18.4. The first-order valence-electron chi connectivity index (χ1n) is 7.97. The molecule has 2 N–H and O–H groups in total. The summed E-state index contributed by atoms with van der Waals surface area (Å²) in [6, 6.07) is 8.88. The van der Waals surface area contributed by atoms with Crippen LogP contribution in [0.2, 0.25) is 0 Å². The van der Waals surface area contributed by atoms with E-state index in [2.05, 4.69) is 15.5 Å². The molecule has 8 nitrogen and oxygen atoms in total. The van der Waals surface area contributed by atoms with Gasteiger partial charge in [0.1, 0.15) is 6.04 Å². The lowest BCUT2D eigenvalue weighted by atomic mass is 10.1. The smallest absolute Gasteiger partial charge is 0.317 e. The van der Waals surface area contributed by atoms with Crippen LogP contribution in [0.1, 0.15) is 37.2 Å². The van der Waals surface area contributed by atoms with Gasteiger partial charge in [0.15, 0.2) is 5.82 Å². The zero-order valence-corrected chi connectivity index (χ0v) is 14.5. The molecule has 0 saturated carbocycles. The molecule has 25 heavy (non-hydrogen) atoms. The summed E-state index contributed by atoms with van der Waals surface area (Å²) in [4.78, 5) is 28.6. The molecule has 0 saturated heterocycles. The van der Waals surface area contributed by atoms with Crippen LogP contribution in [0.25, 0.3) is 0 Å². The summed E-state index contributed by atoms with van der Waals surface area (Å²) in [5.41, 5.74) is 1.06. The van der Waals surface area contributed by atoms with Gasteiger partial charge in [-0.15, -0.1) is 0 Å². The van der Waals surface area contributed by atoms with E-state index in [4.69, 9.17) is 9.63 Å². The Morgan fingerprint density at radius 2 is 1.96 bits per heavy atom. The second kappa shape index (κ2) is 8.27. The van der Waals surface area contributed by atoms with Gasteiger partial charge in [0.25, 0.3) is 0 Å². The van der Waals surface area contributed by atoms with Crippen molar-refractivity contribution in [2.75, 3.05) is 13.6 Å². The van der Waals surface area contributed by atoms with Crippen LogP contribution in [0.15, 0.2) is 34.9 Å². The first kappa shape index (κ1) is 18.4. The number of aromatic nitrogens is 2. The molecular weight excluding hydrogens is 324 g/mol. The molecule has 0 aliphatic rings. The second-order valence-corrected chi connectivity index (χ2v) is 6.00. The molecule has 0 aliphatic heterocycles. The molecule has 134 valence electrons. The molecule has 0 spiro atoms. The predicted octanol–water partition coefficient (Wildman–Crippen LogP) is 2.08. The van der Waals surface area contributed by atoms with Crippen molar-refractivity contribution in [1.82, 2.24) is 20.4 Å². The fourth-order valence-electron chi connectivity index (χ4n) is 2.22. The van der Waals surface area contributed by atoms with E-state index in [1.165, 1.54) is 11.9 Å². The first-order valence-corrected chi connectivity index (χ1v) is 7.97. The standard InChI is InChI=1S/C17H22N4O4/c1-11(16(22)23)10-21(3)17(24)18-12(2)15-19-14(20-25-15)9-13-7-5-4-6-8-13/h4-8,11-12H,9-10H2,1-3H3,(H,18,24)(H,22,23). The SMILES string of the molecule is CC(CN(C)C(=O)NC(C)c1nc(Cc2ccccc2)no1)C(=O)O. The van der Waals surface area contributed by atoms with Gasteiger partial charge < -0.3 is 19.8 Å². The van der Waals surface area contributed by atoms with Crippen molar-refractivity contribution in [3.05, 3.63) is 47.6 Å². The second-order valence-electron chi connectivity index (χ2n) is 6.00. The molecule has 2 unspecified atom stereocenters.